The molecule has 6 nitrogen and oxygen atoms in total. The topological polar surface area (TPSA) is 91.6 Å². The Labute approximate surface area is 182 Å². The van der Waals surface area contributed by atoms with Crippen LogP contribution < -0.4 is 5.32 Å². The van der Waals surface area contributed by atoms with Crippen LogP contribution in [-0.2, 0) is 12.4 Å². The third-order valence-corrected chi connectivity index (χ3v) is 4.47. The van der Waals surface area contributed by atoms with E-state index in [1.54, 1.807) is 0 Å². The summed E-state index contributed by atoms with van der Waals surface area (Å²) in [7, 11) is 0. The van der Waals surface area contributed by atoms with Crippen molar-refractivity contribution in [3.8, 4) is 17.5 Å². The van der Waals surface area contributed by atoms with Gasteiger partial charge in [-0.25, -0.2) is 0 Å². The summed E-state index contributed by atoms with van der Waals surface area (Å²) in [4.78, 5) is 24.9. The molecule has 0 spiro atoms. The first-order chi connectivity index (χ1) is 15.4. The van der Waals surface area contributed by atoms with Crippen LogP contribution in [-0.4, -0.2) is 20.9 Å². The van der Waals surface area contributed by atoms with Crippen molar-refractivity contribution in [2.45, 2.75) is 25.3 Å². The molecule has 0 aliphatic heterocycles. The Hall–Kier alpha value is -4.01. The van der Waals surface area contributed by atoms with Crippen molar-refractivity contribution >= 4 is 5.91 Å². The average molecular weight is 465 g/mol. The van der Waals surface area contributed by atoms with Crippen LogP contribution in [0.3, 0.4) is 0 Å². The highest BCUT2D eigenvalue weighted by molar-refractivity contribution is 5.95. The number of hydrogen-bond donors (Lipinski definition) is 1. The zero-order valence-electron chi connectivity index (χ0n) is 16.7. The third-order valence-electron chi connectivity index (χ3n) is 4.47. The molecule has 170 valence electrons. The normalized spacial score (nSPS) is 12.7. The Bertz CT molecular complexity index is 1180. The van der Waals surface area contributed by atoms with Crippen LogP contribution in [0.4, 0.5) is 26.3 Å². The van der Waals surface area contributed by atoms with Crippen LogP contribution in [0.15, 0.2) is 48.9 Å². The standard InChI is InChI=1S/C21H13F6N5O/c1-11(17-18(30-5-4-29-17)16-3-2-12(9-28)10-31-16)32-19(33)13-6-14(20(22,23)24)8-15(7-13)21(25,26)27/h2-8,10-11H,1H3,(H,32,33). The van der Waals surface area contributed by atoms with E-state index in [0.29, 0.717) is 17.8 Å². The van der Waals surface area contributed by atoms with Gasteiger partial charge in [-0.05, 0) is 37.3 Å². The number of halogens is 6. The second-order valence-corrected chi connectivity index (χ2v) is 6.82. The predicted molar refractivity (Wildman–Crippen MR) is 102 cm³/mol. The van der Waals surface area contributed by atoms with Crippen LogP contribution in [0.2, 0.25) is 0 Å². The number of nitrogens with one attached hydrogen (secondary N) is 1. The van der Waals surface area contributed by atoms with Crippen LogP contribution in [0.1, 0.15) is 45.7 Å². The lowest BCUT2D eigenvalue weighted by Crippen LogP contribution is -2.28. The number of carbonyl (C=O) groups is 1. The molecule has 12 heteroatoms. The number of pyridine rings is 1. The van der Waals surface area contributed by atoms with E-state index >= 15 is 0 Å². The van der Waals surface area contributed by atoms with Gasteiger partial charge in [0, 0.05) is 24.2 Å². The number of nitrogens with zero attached hydrogens (tertiary/aromatic N) is 4. The third kappa shape index (κ3) is 5.43. The molecule has 1 amide bonds. The van der Waals surface area contributed by atoms with E-state index in [9.17, 15) is 31.1 Å². The van der Waals surface area contributed by atoms with Gasteiger partial charge >= 0.3 is 12.4 Å². The van der Waals surface area contributed by atoms with E-state index in [2.05, 4.69) is 20.3 Å². The highest BCUT2D eigenvalue weighted by Crippen LogP contribution is 2.36. The number of aromatic nitrogens is 3. The van der Waals surface area contributed by atoms with E-state index in [1.807, 2.05) is 6.07 Å². The molecule has 0 bridgehead atoms. The van der Waals surface area contributed by atoms with Crippen molar-refractivity contribution < 1.29 is 31.1 Å². The maximum absolute atomic E-state index is 13.1. The summed E-state index contributed by atoms with van der Waals surface area (Å²) in [5, 5.41) is 11.2. The Kier molecular flexibility index (Phi) is 6.34. The number of hydrogen-bond acceptors (Lipinski definition) is 5. The number of rotatable bonds is 4. The number of nitriles is 1. The fraction of sp³-hybridized carbons (Fsp3) is 0.190. The van der Waals surface area contributed by atoms with Gasteiger partial charge in [0.05, 0.1) is 34.1 Å². The molecule has 3 rings (SSSR count). The minimum atomic E-state index is -5.08. The van der Waals surface area contributed by atoms with Gasteiger partial charge in [-0.2, -0.15) is 31.6 Å². The van der Waals surface area contributed by atoms with E-state index in [-0.39, 0.29) is 23.0 Å². The number of alkyl halides is 6. The maximum atomic E-state index is 13.1. The Morgan fingerprint density at radius 3 is 2.09 bits per heavy atom. The summed E-state index contributed by atoms with van der Waals surface area (Å²) < 4.78 is 78.5. The molecule has 0 fully saturated rings. The first kappa shape index (κ1) is 23.6. The number of amides is 1. The quantitative estimate of drug-likeness (QED) is 0.552. The van der Waals surface area contributed by atoms with Gasteiger partial charge in [0.2, 0.25) is 0 Å². The van der Waals surface area contributed by atoms with Gasteiger partial charge < -0.3 is 5.32 Å². The van der Waals surface area contributed by atoms with Crippen LogP contribution >= 0.6 is 0 Å². The van der Waals surface area contributed by atoms with Crippen molar-refractivity contribution in [1.29, 1.82) is 5.26 Å². The molecule has 0 saturated carbocycles. The molecule has 1 atom stereocenters. The predicted octanol–water partition coefficient (Wildman–Crippen LogP) is 4.94. The fourth-order valence-electron chi connectivity index (χ4n) is 2.90. The van der Waals surface area contributed by atoms with Crippen molar-refractivity contribution in [3.05, 3.63) is 76.9 Å². The number of carbonyl (C=O) groups excluding carboxylic acids is 1. The maximum Gasteiger partial charge on any atom is 0.416 e. The van der Waals surface area contributed by atoms with Crippen molar-refractivity contribution in [2.75, 3.05) is 0 Å². The van der Waals surface area contributed by atoms with Crippen molar-refractivity contribution in [2.24, 2.45) is 0 Å². The molecule has 0 aliphatic carbocycles. The minimum Gasteiger partial charge on any atom is -0.344 e. The lowest BCUT2D eigenvalue weighted by Gasteiger charge is -2.18. The zero-order chi connectivity index (χ0) is 24.4. The molecule has 2 aromatic heterocycles. The monoisotopic (exact) mass is 465 g/mol. The summed E-state index contributed by atoms with van der Waals surface area (Å²) in [6.07, 6.45) is -6.23. The van der Waals surface area contributed by atoms with Crippen LogP contribution in [0, 0.1) is 11.3 Å². The van der Waals surface area contributed by atoms with Gasteiger partial charge in [-0.1, -0.05) is 0 Å². The molecule has 2 heterocycles. The highest BCUT2D eigenvalue weighted by Gasteiger charge is 2.37. The highest BCUT2D eigenvalue weighted by atomic mass is 19.4. The largest absolute Gasteiger partial charge is 0.416 e. The summed E-state index contributed by atoms with van der Waals surface area (Å²) in [5.74, 6) is -1.16. The molecule has 33 heavy (non-hydrogen) atoms. The van der Waals surface area contributed by atoms with Gasteiger partial charge in [-0.15, -0.1) is 0 Å². The summed E-state index contributed by atoms with van der Waals surface area (Å²) >= 11 is 0. The van der Waals surface area contributed by atoms with Crippen LogP contribution in [0.5, 0.6) is 0 Å². The lowest BCUT2D eigenvalue weighted by molar-refractivity contribution is -0.143. The summed E-state index contributed by atoms with van der Waals surface area (Å²) in [5.41, 5.74) is -3.03. The lowest BCUT2D eigenvalue weighted by atomic mass is 10.0. The van der Waals surface area contributed by atoms with Gasteiger partial charge in [-0.3, -0.25) is 19.7 Å². The summed E-state index contributed by atoms with van der Waals surface area (Å²) in [6.45, 7) is 1.44. The fourth-order valence-corrected chi connectivity index (χ4v) is 2.90. The minimum absolute atomic E-state index is 0.0580. The molecular weight excluding hydrogens is 452 g/mol. The van der Waals surface area contributed by atoms with Gasteiger partial charge in [0.25, 0.3) is 5.91 Å². The molecule has 1 unspecified atom stereocenters. The van der Waals surface area contributed by atoms with E-state index in [1.165, 1.54) is 37.6 Å². The van der Waals surface area contributed by atoms with Gasteiger partial charge in [0.1, 0.15) is 11.8 Å². The molecular formula is C21H13F6N5O. The number of benzene rings is 1. The first-order valence-corrected chi connectivity index (χ1v) is 9.18. The zero-order valence-corrected chi connectivity index (χ0v) is 16.7. The van der Waals surface area contributed by atoms with E-state index in [4.69, 9.17) is 5.26 Å². The summed E-state index contributed by atoms with van der Waals surface area (Å²) in [6, 6.07) is 4.54. The van der Waals surface area contributed by atoms with E-state index < -0.39 is 41.0 Å². The molecule has 3 aromatic rings. The Morgan fingerprint density at radius 1 is 0.970 bits per heavy atom. The van der Waals surface area contributed by atoms with Crippen molar-refractivity contribution in [1.82, 2.24) is 20.3 Å². The Morgan fingerprint density at radius 2 is 1.58 bits per heavy atom. The molecule has 0 aliphatic rings. The molecule has 0 radical (unpaired) electrons. The first-order valence-electron chi connectivity index (χ1n) is 9.18. The average Bonchev–Trinajstić information content (AvgIpc) is 2.77. The molecule has 1 N–H and O–H groups in total. The second-order valence-electron chi connectivity index (χ2n) is 6.82. The Balaban J connectivity index is 1.94. The second kappa shape index (κ2) is 8.85. The SMILES string of the molecule is CC(NC(=O)c1cc(C(F)(F)F)cc(C(F)(F)F)c1)c1nccnc1-c1ccc(C#N)cn1. The van der Waals surface area contributed by atoms with Crippen molar-refractivity contribution in [3.63, 3.8) is 0 Å². The molecule has 1 aromatic carbocycles. The smallest absolute Gasteiger partial charge is 0.344 e. The molecule has 0 saturated heterocycles. The van der Waals surface area contributed by atoms with Gasteiger partial charge in [0.15, 0.2) is 0 Å². The van der Waals surface area contributed by atoms with Crippen LogP contribution in [0.25, 0.3) is 11.4 Å². The van der Waals surface area contributed by atoms with E-state index in [0.717, 1.165) is 0 Å².